The highest BCUT2D eigenvalue weighted by atomic mass is 15.4. The van der Waals surface area contributed by atoms with Gasteiger partial charge in [0.1, 0.15) is 12.2 Å². The van der Waals surface area contributed by atoms with Crippen LogP contribution in [0.15, 0.2) is 6.33 Å². The molecule has 4 heteroatoms. The van der Waals surface area contributed by atoms with E-state index in [1.54, 1.807) is 6.33 Å². The standard InChI is InChI=1S/C15H26N4/c1-18-11-7-3-6-10-14(18)15-16-12-17-19(15)13-8-4-2-5-9-13/h12-14H,2-11H2,1H3. The van der Waals surface area contributed by atoms with Crippen LogP contribution in [0.3, 0.4) is 0 Å². The minimum Gasteiger partial charge on any atom is -0.297 e. The van der Waals surface area contributed by atoms with Crippen LogP contribution in [0.2, 0.25) is 0 Å². The smallest absolute Gasteiger partial charge is 0.144 e. The quantitative estimate of drug-likeness (QED) is 0.820. The second-order valence-corrected chi connectivity index (χ2v) is 6.20. The number of nitrogens with zero attached hydrogens (tertiary/aromatic N) is 4. The lowest BCUT2D eigenvalue weighted by molar-refractivity contribution is 0.219. The summed E-state index contributed by atoms with van der Waals surface area (Å²) in [6.45, 7) is 1.20. The van der Waals surface area contributed by atoms with Gasteiger partial charge in [-0.25, -0.2) is 9.67 Å². The van der Waals surface area contributed by atoms with Crippen molar-refractivity contribution < 1.29 is 0 Å². The number of hydrogen-bond donors (Lipinski definition) is 0. The fourth-order valence-electron chi connectivity index (χ4n) is 3.68. The molecule has 1 aliphatic heterocycles. The number of likely N-dealkylation sites (tertiary alicyclic amines) is 1. The van der Waals surface area contributed by atoms with Crippen molar-refractivity contribution in [2.24, 2.45) is 0 Å². The normalized spacial score (nSPS) is 27.3. The molecule has 1 unspecified atom stereocenters. The first-order valence-electron chi connectivity index (χ1n) is 7.96. The average molecular weight is 262 g/mol. The lowest BCUT2D eigenvalue weighted by Gasteiger charge is -2.29. The second kappa shape index (κ2) is 6.04. The molecule has 1 saturated carbocycles. The Morgan fingerprint density at radius 2 is 1.74 bits per heavy atom. The minimum absolute atomic E-state index is 0.479. The maximum Gasteiger partial charge on any atom is 0.144 e. The van der Waals surface area contributed by atoms with E-state index < -0.39 is 0 Å². The van der Waals surface area contributed by atoms with Crippen molar-refractivity contribution in [3.05, 3.63) is 12.2 Å². The Morgan fingerprint density at radius 1 is 1.00 bits per heavy atom. The van der Waals surface area contributed by atoms with Crippen LogP contribution in [-0.4, -0.2) is 33.3 Å². The highest BCUT2D eigenvalue weighted by Crippen LogP contribution is 2.33. The third kappa shape index (κ3) is 2.83. The van der Waals surface area contributed by atoms with Crippen LogP contribution >= 0.6 is 0 Å². The van der Waals surface area contributed by atoms with Gasteiger partial charge < -0.3 is 0 Å². The van der Waals surface area contributed by atoms with Crippen molar-refractivity contribution in [2.45, 2.75) is 69.9 Å². The molecule has 4 nitrogen and oxygen atoms in total. The molecule has 1 atom stereocenters. The molecular formula is C15H26N4. The molecule has 0 radical (unpaired) electrons. The van der Waals surface area contributed by atoms with E-state index in [9.17, 15) is 0 Å². The van der Waals surface area contributed by atoms with E-state index >= 15 is 0 Å². The maximum atomic E-state index is 4.62. The summed E-state index contributed by atoms with van der Waals surface area (Å²) in [6.07, 6.45) is 13.7. The predicted molar refractivity (Wildman–Crippen MR) is 76.0 cm³/mol. The molecule has 1 aromatic rings. The first kappa shape index (κ1) is 13.1. The minimum atomic E-state index is 0.479. The summed E-state index contributed by atoms with van der Waals surface area (Å²) < 4.78 is 2.26. The maximum absolute atomic E-state index is 4.62. The van der Waals surface area contributed by atoms with Gasteiger partial charge in [0.05, 0.1) is 12.1 Å². The molecular weight excluding hydrogens is 236 g/mol. The van der Waals surface area contributed by atoms with Gasteiger partial charge in [-0.05, 0) is 39.3 Å². The molecule has 19 heavy (non-hydrogen) atoms. The Bertz CT molecular complexity index is 395. The van der Waals surface area contributed by atoms with Crippen LogP contribution in [0.4, 0.5) is 0 Å². The van der Waals surface area contributed by atoms with E-state index in [0.29, 0.717) is 12.1 Å². The van der Waals surface area contributed by atoms with E-state index in [4.69, 9.17) is 0 Å². The Labute approximate surface area is 116 Å². The third-order valence-corrected chi connectivity index (χ3v) is 4.84. The van der Waals surface area contributed by atoms with Crippen molar-refractivity contribution in [1.29, 1.82) is 0 Å². The van der Waals surface area contributed by atoms with Crippen LogP contribution < -0.4 is 0 Å². The largest absolute Gasteiger partial charge is 0.297 e. The van der Waals surface area contributed by atoms with Gasteiger partial charge in [0.2, 0.25) is 0 Å². The summed E-state index contributed by atoms with van der Waals surface area (Å²) >= 11 is 0. The summed E-state index contributed by atoms with van der Waals surface area (Å²) in [5.74, 6) is 1.22. The van der Waals surface area contributed by atoms with Gasteiger partial charge in [0.25, 0.3) is 0 Å². The van der Waals surface area contributed by atoms with Crippen molar-refractivity contribution in [1.82, 2.24) is 19.7 Å². The molecule has 0 N–H and O–H groups in total. The van der Waals surface area contributed by atoms with E-state index in [0.717, 1.165) is 0 Å². The molecule has 3 rings (SSSR count). The lowest BCUT2D eigenvalue weighted by atomic mass is 9.95. The molecule has 0 bridgehead atoms. The number of hydrogen-bond acceptors (Lipinski definition) is 3. The van der Waals surface area contributed by atoms with E-state index in [1.165, 1.54) is 70.2 Å². The van der Waals surface area contributed by atoms with Crippen LogP contribution in [0.25, 0.3) is 0 Å². The second-order valence-electron chi connectivity index (χ2n) is 6.20. The number of rotatable bonds is 2. The van der Waals surface area contributed by atoms with Crippen LogP contribution in [0, 0.1) is 0 Å². The zero-order valence-electron chi connectivity index (χ0n) is 12.1. The molecule has 0 amide bonds. The monoisotopic (exact) mass is 262 g/mol. The summed E-state index contributed by atoms with van der Waals surface area (Å²) in [5, 5.41) is 4.56. The fraction of sp³-hybridized carbons (Fsp3) is 0.867. The molecule has 2 fully saturated rings. The lowest BCUT2D eigenvalue weighted by Crippen LogP contribution is -2.28. The average Bonchev–Trinajstić information content (AvgIpc) is 2.83. The van der Waals surface area contributed by atoms with Gasteiger partial charge in [-0.2, -0.15) is 5.10 Å². The van der Waals surface area contributed by atoms with E-state index in [1.807, 2.05) is 0 Å². The highest BCUT2D eigenvalue weighted by Gasteiger charge is 2.27. The van der Waals surface area contributed by atoms with Gasteiger partial charge in [0.15, 0.2) is 0 Å². The zero-order chi connectivity index (χ0) is 13.1. The van der Waals surface area contributed by atoms with Crippen molar-refractivity contribution in [2.75, 3.05) is 13.6 Å². The van der Waals surface area contributed by atoms with Crippen LogP contribution in [-0.2, 0) is 0 Å². The summed E-state index contributed by atoms with van der Waals surface area (Å²) in [4.78, 5) is 7.10. The van der Waals surface area contributed by atoms with Gasteiger partial charge in [0, 0.05) is 0 Å². The highest BCUT2D eigenvalue weighted by molar-refractivity contribution is 4.98. The molecule has 0 spiro atoms. The van der Waals surface area contributed by atoms with Crippen molar-refractivity contribution in [3.63, 3.8) is 0 Å². The van der Waals surface area contributed by atoms with Gasteiger partial charge in [-0.15, -0.1) is 0 Å². The van der Waals surface area contributed by atoms with Gasteiger partial charge >= 0.3 is 0 Å². The molecule has 2 aliphatic rings. The van der Waals surface area contributed by atoms with Gasteiger partial charge in [-0.3, -0.25) is 4.90 Å². The van der Waals surface area contributed by atoms with Crippen LogP contribution in [0.1, 0.15) is 75.7 Å². The summed E-state index contributed by atoms with van der Waals surface area (Å²) in [5.41, 5.74) is 0. The van der Waals surface area contributed by atoms with Crippen molar-refractivity contribution >= 4 is 0 Å². The number of aromatic nitrogens is 3. The predicted octanol–water partition coefficient (Wildman–Crippen LogP) is 3.33. The summed E-state index contributed by atoms with van der Waals surface area (Å²) in [7, 11) is 2.25. The Morgan fingerprint density at radius 3 is 2.58 bits per heavy atom. The Kier molecular flexibility index (Phi) is 4.16. The van der Waals surface area contributed by atoms with Crippen molar-refractivity contribution in [3.8, 4) is 0 Å². The topological polar surface area (TPSA) is 34.0 Å². The third-order valence-electron chi connectivity index (χ3n) is 4.84. The molecule has 0 aromatic carbocycles. The first-order valence-corrected chi connectivity index (χ1v) is 7.96. The molecule has 1 aliphatic carbocycles. The molecule has 1 saturated heterocycles. The van der Waals surface area contributed by atoms with E-state index in [-0.39, 0.29) is 0 Å². The Hall–Kier alpha value is -0.900. The summed E-state index contributed by atoms with van der Waals surface area (Å²) in [6, 6.07) is 1.08. The van der Waals surface area contributed by atoms with E-state index in [2.05, 4.69) is 26.7 Å². The first-order chi connectivity index (χ1) is 9.36. The van der Waals surface area contributed by atoms with Gasteiger partial charge in [-0.1, -0.05) is 32.1 Å². The van der Waals surface area contributed by atoms with Crippen LogP contribution in [0.5, 0.6) is 0 Å². The SMILES string of the molecule is CN1CCCCCC1c1ncnn1C1CCCCC1. The molecule has 1 aromatic heterocycles. The fourth-order valence-corrected chi connectivity index (χ4v) is 3.68. The molecule has 2 heterocycles. The zero-order valence-corrected chi connectivity index (χ0v) is 12.1. The molecule has 106 valence electrons. The Balaban J connectivity index is 1.81.